The van der Waals surface area contributed by atoms with E-state index in [1.807, 2.05) is 23.5 Å². The predicted octanol–water partition coefficient (Wildman–Crippen LogP) is 4.34. The summed E-state index contributed by atoms with van der Waals surface area (Å²) >= 11 is 7.91. The number of hydrogen-bond donors (Lipinski definition) is 1. The van der Waals surface area contributed by atoms with Crippen molar-refractivity contribution in [1.82, 2.24) is 5.32 Å². The summed E-state index contributed by atoms with van der Waals surface area (Å²) in [5, 5.41) is 6.40. The molecule has 18 heavy (non-hydrogen) atoms. The van der Waals surface area contributed by atoms with Crippen LogP contribution >= 0.6 is 22.9 Å². The maximum atomic E-state index is 6.09. The van der Waals surface area contributed by atoms with Gasteiger partial charge in [0.1, 0.15) is 0 Å². The fourth-order valence-corrected chi connectivity index (χ4v) is 3.04. The molecule has 96 valence electrons. The topological polar surface area (TPSA) is 12.0 Å². The summed E-state index contributed by atoms with van der Waals surface area (Å²) in [5.74, 6) is 0.488. The molecule has 0 aliphatic rings. The molecule has 2 aromatic rings. The smallest absolute Gasteiger partial charge is 0.0408 e. The van der Waals surface area contributed by atoms with E-state index < -0.39 is 0 Å². The molecule has 1 N–H and O–H groups in total. The van der Waals surface area contributed by atoms with Gasteiger partial charge in [0.05, 0.1) is 0 Å². The number of likely N-dealkylation sites (N-methyl/N-ethyl adjacent to an activating group) is 1. The Hall–Kier alpha value is -0.830. The molecule has 0 bridgehead atoms. The Morgan fingerprint density at radius 3 is 2.83 bits per heavy atom. The zero-order chi connectivity index (χ0) is 12.8. The first-order valence-electron chi connectivity index (χ1n) is 6.28. The van der Waals surface area contributed by atoms with E-state index >= 15 is 0 Å². The highest BCUT2D eigenvalue weighted by molar-refractivity contribution is 7.09. The van der Waals surface area contributed by atoms with Gasteiger partial charge in [-0.2, -0.15) is 0 Å². The van der Waals surface area contributed by atoms with Crippen molar-refractivity contribution in [1.29, 1.82) is 0 Å². The number of nitrogens with one attached hydrogen (secondary N) is 1. The van der Waals surface area contributed by atoms with E-state index in [4.69, 9.17) is 11.6 Å². The lowest BCUT2D eigenvalue weighted by atomic mass is 9.95. The van der Waals surface area contributed by atoms with Crippen LogP contribution in [0.15, 0.2) is 41.8 Å². The fourth-order valence-electron chi connectivity index (χ4n) is 2.06. The number of thiophene rings is 1. The van der Waals surface area contributed by atoms with Crippen molar-refractivity contribution in [2.75, 3.05) is 13.1 Å². The van der Waals surface area contributed by atoms with Crippen molar-refractivity contribution in [3.63, 3.8) is 0 Å². The lowest BCUT2D eigenvalue weighted by molar-refractivity contribution is 0.598. The second-order valence-corrected chi connectivity index (χ2v) is 5.81. The Morgan fingerprint density at radius 1 is 1.28 bits per heavy atom. The lowest BCUT2D eigenvalue weighted by Crippen LogP contribution is -2.22. The summed E-state index contributed by atoms with van der Waals surface area (Å²) in [6, 6.07) is 12.5. The standard InChI is InChI=1S/C15H18ClNS/c1-2-17-11-13(10-15-7-4-8-18-15)12-5-3-6-14(16)9-12/h3-9,13,17H,2,10-11H2,1H3. The summed E-state index contributed by atoms with van der Waals surface area (Å²) in [6.45, 7) is 4.14. The van der Waals surface area contributed by atoms with Crippen molar-refractivity contribution in [2.45, 2.75) is 19.3 Å². The third kappa shape index (κ3) is 3.84. The van der Waals surface area contributed by atoms with Crippen LogP contribution in [0.2, 0.25) is 5.02 Å². The van der Waals surface area contributed by atoms with Gasteiger partial charge in [0.2, 0.25) is 0 Å². The minimum absolute atomic E-state index is 0.488. The molecule has 0 radical (unpaired) electrons. The number of hydrogen-bond acceptors (Lipinski definition) is 2. The maximum Gasteiger partial charge on any atom is 0.0408 e. The van der Waals surface area contributed by atoms with Gasteiger partial charge in [-0.3, -0.25) is 0 Å². The van der Waals surface area contributed by atoms with Crippen LogP contribution in [-0.2, 0) is 6.42 Å². The van der Waals surface area contributed by atoms with Crippen LogP contribution in [0.4, 0.5) is 0 Å². The minimum atomic E-state index is 0.488. The maximum absolute atomic E-state index is 6.09. The van der Waals surface area contributed by atoms with Crippen molar-refractivity contribution in [3.05, 3.63) is 57.2 Å². The van der Waals surface area contributed by atoms with Crippen LogP contribution in [0.25, 0.3) is 0 Å². The van der Waals surface area contributed by atoms with Crippen molar-refractivity contribution >= 4 is 22.9 Å². The first-order chi connectivity index (χ1) is 8.79. The van der Waals surface area contributed by atoms with E-state index in [0.717, 1.165) is 24.5 Å². The van der Waals surface area contributed by atoms with Gasteiger partial charge in [-0.15, -0.1) is 11.3 Å². The van der Waals surface area contributed by atoms with Gasteiger partial charge >= 0.3 is 0 Å². The molecule has 0 aliphatic carbocycles. The number of benzene rings is 1. The minimum Gasteiger partial charge on any atom is -0.316 e. The third-order valence-electron chi connectivity index (χ3n) is 2.99. The second-order valence-electron chi connectivity index (χ2n) is 4.34. The zero-order valence-electron chi connectivity index (χ0n) is 10.5. The summed E-state index contributed by atoms with van der Waals surface area (Å²) in [7, 11) is 0. The van der Waals surface area contributed by atoms with Gasteiger partial charge in [-0.1, -0.05) is 36.7 Å². The van der Waals surface area contributed by atoms with Crippen LogP contribution in [0, 0.1) is 0 Å². The molecule has 2 rings (SSSR count). The molecule has 0 aliphatic heterocycles. The Balaban J connectivity index is 2.13. The van der Waals surface area contributed by atoms with Crippen LogP contribution in [-0.4, -0.2) is 13.1 Å². The van der Waals surface area contributed by atoms with Gasteiger partial charge in [-0.05, 0) is 42.1 Å². The molecule has 1 aromatic heterocycles. The molecule has 0 amide bonds. The van der Waals surface area contributed by atoms with Gasteiger partial charge in [0.25, 0.3) is 0 Å². The summed E-state index contributed by atoms with van der Waals surface area (Å²) in [4.78, 5) is 1.43. The average Bonchev–Trinajstić information content (AvgIpc) is 2.87. The van der Waals surface area contributed by atoms with E-state index in [2.05, 4.69) is 41.9 Å². The van der Waals surface area contributed by atoms with E-state index in [1.165, 1.54) is 10.4 Å². The van der Waals surface area contributed by atoms with Gasteiger partial charge in [0.15, 0.2) is 0 Å². The Labute approximate surface area is 118 Å². The SMILES string of the molecule is CCNCC(Cc1cccs1)c1cccc(Cl)c1. The van der Waals surface area contributed by atoms with Crippen LogP contribution < -0.4 is 5.32 Å². The molecular formula is C15H18ClNS. The predicted molar refractivity (Wildman–Crippen MR) is 80.8 cm³/mol. The number of rotatable bonds is 6. The van der Waals surface area contributed by atoms with E-state index in [9.17, 15) is 0 Å². The molecule has 3 heteroatoms. The quantitative estimate of drug-likeness (QED) is 0.830. The monoisotopic (exact) mass is 279 g/mol. The summed E-state index contributed by atoms with van der Waals surface area (Å²) < 4.78 is 0. The van der Waals surface area contributed by atoms with Crippen molar-refractivity contribution in [2.24, 2.45) is 0 Å². The molecule has 0 saturated heterocycles. The Morgan fingerprint density at radius 2 is 2.17 bits per heavy atom. The molecule has 1 unspecified atom stereocenters. The van der Waals surface area contributed by atoms with Gasteiger partial charge in [0, 0.05) is 22.4 Å². The first-order valence-corrected chi connectivity index (χ1v) is 7.54. The van der Waals surface area contributed by atoms with Crippen LogP contribution in [0.5, 0.6) is 0 Å². The van der Waals surface area contributed by atoms with Crippen molar-refractivity contribution in [3.8, 4) is 0 Å². The average molecular weight is 280 g/mol. The highest BCUT2D eigenvalue weighted by atomic mass is 35.5. The highest BCUT2D eigenvalue weighted by Crippen LogP contribution is 2.25. The second kappa shape index (κ2) is 6.93. The molecule has 1 nitrogen and oxygen atoms in total. The Bertz CT molecular complexity index is 467. The van der Waals surface area contributed by atoms with Gasteiger partial charge < -0.3 is 5.32 Å². The summed E-state index contributed by atoms with van der Waals surface area (Å²) in [6.07, 6.45) is 1.07. The lowest BCUT2D eigenvalue weighted by Gasteiger charge is -2.17. The molecule has 1 atom stereocenters. The molecule has 0 saturated carbocycles. The molecule has 1 aromatic carbocycles. The fraction of sp³-hybridized carbons (Fsp3) is 0.333. The first kappa shape index (κ1) is 13.6. The third-order valence-corrected chi connectivity index (χ3v) is 4.12. The summed E-state index contributed by atoms with van der Waals surface area (Å²) in [5.41, 5.74) is 1.32. The highest BCUT2D eigenvalue weighted by Gasteiger charge is 2.12. The van der Waals surface area contributed by atoms with Crippen LogP contribution in [0.1, 0.15) is 23.3 Å². The largest absolute Gasteiger partial charge is 0.316 e. The van der Waals surface area contributed by atoms with Crippen LogP contribution in [0.3, 0.4) is 0 Å². The van der Waals surface area contributed by atoms with Gasteiger partial charge in [-0.25, -0.2) is 0 Å². The van der Waals surface area contributed by atoms with E-state index in [1.54, 1.807) is 0 Å². The van der Waals surface area contributed by atoms with E-state index in [-0.39, 0.29) is 0 Å². The molecule has 0 fully saturated rings. The molecule has 1 heterocycles. The zero-order valence-corrected chi connectivity index (χ0v) is 12.1. The normalized spacial score (nSPS) is 12.6. The molecular weight excluding hydrogens is 262 g/mol. The number of halogens is 1. The Kier molecular flexibility index (Phi) is 5.24. The molecule has 0 spiro atoms. The van der Waals surface area contributed by atoms with Crippen molar-refractivity contribution < 1.29 is 0 Å². The van der Waals surface area contributed by atoms with E-state index in [0.29, 0.717) is 5.92 Å².